The van der Waals surface area contributed by atoms with Crippen molar-refractivity contribution in [3.63, 3.8) is 0 Å². The third-order valence-corrected chi connectivity index (χ3v) is 5.38. The van der Waals surface area contributed by atoms with Crippen molar-refractivity contribution in [2.45, 2.75) is 66.5 Å². The van der Waals surface area contributed by atoms with Gasteiger partial charge in [0.15, 0.2) is 0 Å². The van der Waals surface area contributed by atoms with Crippen LogP contribution in [0.5, 0.6) is 0 Å². The van der Waals surface area contributed by atoms with Gasteiger partial charge in [-0.15, -0.1) is 69.1 Å². The molecule has 30 heavy (non-hydrogen) atoms. The molecule has 0 atom stereocenters. The first-order valence-corrected chi connectivity index (χ1v) is 19.2. The average molecular weight is 579 g/mol. The predicted octanol–water partition coefficient (Wildman–Crippen LogP) is 8.15. The van der Waals surface area contributed by atoms with Crippen LogP contribution in [0.1, 0.15) is 49.9 Å². The van der Waals surface area contributed by atoms with E-state index in [-0.39, 0.29) is 5.49 Å². The van der Waals surface area contributed by atoms with E-state index in [2.05, 4.69) is 101 Å². The number of aryl methyl sites for hydroxylation is 4. The van der Waals surface area contributed by atoms with Gasteiger partial charge in [0, 0.05) is 0 Å². The van der Waals surface area contributed by atoms with E-state index in [0.29, 0.717) is 0 Å². The van der Waals surface area contributed by atoms with Gasteiger partial charge in [-0.1, -0.05) is 51.0 Å². The van der Waals surface area contributed by atoms with E-state index in [4.69, 9.17) is 0 Å². The Morgan fingerprint density at radius 2 is 1.03 bits per heavy atom. The molecule has 0 heterocycles. The Kier molecular flexibility index (Phi) is 10.5. The molecule has 0 spiro atoms. The quantitative estimate of drug-likeness (QED) is 0.169. The van der Waals surface area contributed by atoms with Crippen LogP contribution in [0.25, 0.3) is 21.5 Å². The van der Waals surface area contributed by atoms with Crippen LogP contribution in [0, 0.1) is 0 Å². The van der Waals surface area contributed by atoms with E-state index in [0.717, 1.165) is 25.7 Å². The zero-order chi connectivity index (χ0) is 22.1. The Morgan fingerprint density at radius 1 is 0.667 bits per heavy atom. The molecule has 4 aromatic carbocycles. The maximum absolute atomic E-state index is 2.33. The summed E-state index contributed by atoms with van der Waals surface area (Å²) in [6.45, 7) is 13.5. The number of rotatable bonds is 4. The zero-order valence-corrected chi connectivity index (χ0v) is 24.2. The van der Waals surface area contributed by atoms with Crippen LogP contribution in [-0.2, 0) is 48.7 Å². The molecule has 4 aromatic rings. The molecule has 0 aliphatic rings. The van der Waals surface area contributed by atoms with Gasteiger partial charge in [-0.25, -0.2) is 0 Å². The van der Waals surface area contributed by atoms with Crippen molar-refractivity contribution in [1.82, 2.24) is 0 Å². The molecule has 0 aliphatic heterocycles. The minimum atomic E-state index is 0.259. The Balaban J connectivity index is 0.000000182. The molecular formula is C28H36HfSi. The van der Waals surface area contributed by atoms with Crippen LogP contribution >= 0.6 is 0 Å². The van der Waals surface area contributed by atoms with E-state index >= 15 is 0 Å². The summed E-state index contributed by atoms with van der Waals surface area (Å²) in [6, 6.07) is 22.4. The first-order valence-electron chi connectivity index (χ1n) is 11.3. The first-order chi connectivity index (χ1) is 14.4. The molecule has 0 saturated heterocycles. The van der Waals surface area contributed by atoms with Crippen LogP contribution < -0.4 is 0 Å². The third-order valence-electron chi connectivity index (χ3n) is 5.38. The van der Waals surface area contributed by atoms with Gasteiger partial charge in [0.05, 0.1) is 0 Å². The fraction of sp³-hybridized carbons (Fsp3) is 0.357. The van der Waals surface area contributed by atoms with E-state index < -0.39 is 0 Å². The van der Waals surface area contributed by atoms with Gasteiger partial charge in [0.2, 0.25) is 0 Å². The number of hydrogen-bond acceptors (Lipinski definition) is 0. The second-order valence-corrected chi connectivity index (χ2v) is 20.8. The molecule has 2 heteroatoms. The van der Waals surface area contributed by atoms with Gasteiger partial charge in [0.25, 0.3) is 0 Å². The molecule has 4 rings (SSSR count). The van der Waals surface area contributed by atoms with E-state index in [1.54, 1.807) is 0 Å². The fourth-order valence-corrected chi connectivity index (χ4v) is 3.75. The molecule has 0 fully saturated rings. The zero-order valence-electron chi connectivity index (χ0n) is 19.6. The Morgan fingerprint density at radius 3 is 1.33 bits per heavy atom. The van der Waals surface area contributed by atoms with Crippen molar-refractivity contribution < 1.29 is 23.0 Å². The molecule has 0 nitrogen and oxygen atoms in total. The van der Waals surface area contributed by atoms with Gasteiger partial charge >= 0.3 is 41.6 Å². The van der Waals surface area contributed by atoms with Crippen molar-refractivity contribution >= 4 is 27.0 Å². The second kappa shape index (κ2) is 12.6. The standard InChI is InChI=1S/2C13H15.C2H6Si.Hf/c2*1-3-10-8-12-7-5-6-11(4-2)13(12)9-10;1-3-2;/h2*5-9H,3-4H2,1-2H3;1-2H3;/q2*-1;;+2. The molecule has 0 amide bonds. The second-order valence-electron chi connectivity index (χ2n) is 7.98. The van der Waals surface area contributed by atoms with Crippen molar-refractivity contribution in [3.8, 4) is 0 Å². The van der Waals surface area contributed by atoms with Crippen LogP contribution in [0.3, 0.4) is 0 Å². The summed E-state index contributed by atoms with van der Waals surface area (Å²) >= 11 is 1.45. The van der Waals surface area contributed by atoms with Crippen molar-refractivity contribution in [2.24, 2.45) is 0 Å². The van der Waals surface area contributed by atoms with Crippen molar-refractivity contribution in [2.75, 3.05) is 0 Å². The molecule has 0 radical (unpaired) electrons. The molecule has 0 N–H and O–H groups in total. The van der Waals surface area contributed by atoms with Gasteiger partial charge in [-0.05, 0) is 25.7 Å². The van der Waals surface area contributed by atoms with Gasteiger partial charge < -0.3 is 0 Å². The van der Waals surface area contributed by atoms with Crippen LogP contribution in [0.4, 0.5) is 0 Å². The van der Waals surface area contributed by atoms with Gasteiger partial charge in [-0.2, -0.15) is 12.1 Å². The summed E-state index contributed by atoms with van der Waals surface area (Å²) in [5, 5.41) is 5.69. The van der Waals surface area contributed by atoms with Crippen LogP contribution in [-0.4, -0.2) is 5.49 Å². The summed E-state index contributed by atoms with van der Waals surface area (Å²) in [7, 11) is 0. The molecule has 0 bridgehead atoms. The Hall–Kier alpha value is -1.25. The molecular weight excluding hydrogens is 543 g/mol. The third kappa shape index (κ3) is 6.89. The topological polar surface area (TPSA) is 0 Å². The summed E-state index contributed by atoms with van der Waals surface area (Å²) in [6.07, 6.45) is 4.53. The van der Waals surface area contributed by atoms with E-state index in [1.807, 2.05) is 0 Å². The molecule has 0 saturated carbocycles. The van der Waals surface area contributed by atoms with Crippen LogP contribution in [0.15, 0.2) is 60.7 Å². The van der Waals surface area contributed by atoms with E-state index in [1.165, 1.54) is 66.8 Å². The number of fused-ring (bicyclic) bond motifs is 2. The molecule has 0 unspecified atom stereocenters. The van der Waals surface area contributed by atoms with E-state index in [9.17, 15) is 0 Å². The Bertz CT molecular complexity index is 995. The van der Waals surface area contributed by atoms with Crippen molar-refractivity contribution in [3.05, 3.63) is 82.9 Å². The average Bonchev–Trinajstić information content (AvgIpc) is 3.36. The first kappa shape index (κ1) is 25.0. The van der Waals surface area contributed by atoms with Crippen LogP contribution in [0.2, 0.25) is 13.1 Å². The number of hydrogen-bond donors (Lipinski definition) is 0. The molecule has 0 aliphatic carbocycles. The minimum absolute atomic E-state index is 0.259. The summed E-state index contributed by atoms with van der Waals surface area (Å²) < 4.78 is 0. The summed E-state index contributed by atoms with van der Waals surface area (Å²) in [4.78, 5) is 0. The van der Waals surface area contributed by atoms with Crippen molar-refractivity contribution in [1.29, 1.82) is 0 Å². The van der Waals surface area contributed by atoms with Gasteiger partial charge in [0.1, 0.15) is 0 Å². The molecule has 156 valence electrons. The SMILES string of the molecule is CCc1cc2c(CC)cccc2[cH-]1.CCc1cc2c(CC)cccc2[cH-]1.C[Si](C)=[Hf+2]. The summed E-state index contributed by atoms with van der Waals surface area (Å²) in [5.41, 5.74) is 6.11. The summed E-state index contributed by atoms with van der Waals surface area (Å²) in [5.74, 6) is 0. The Labute approximate surface area is 198 Å². The number of benzene rings is 2. The monoisotopic (exact) mass is 580 g/mol. The predicted molar refractivity (Wildman–Crippen MR) is 134 cm³/mol. The normalized spacial score (nSPS) is 10.4. The maximum atomic E-state index is 2.33. The molecule has 0 aromatic heterocycles. The fourth-order valence-electron chi connectivity index (χ4n) is 3.75. The van der Waals surface area contributed by atoms with Gasteiger partial charge in [-0.3, -0.25) is 0 Å².